The topological polar surface area (TPSA) is 52.6 Å². The summed E-state index contributed by atoms with van der Waals surface area (Å²) in [5, 5.41) is 11.7. The highest BCUT2D eigenvalue weighted by atomic mass is 16.4. The van der Waals surface area contributed by atoms with E-state index in [1.54, 1.807) is 0 Å². The smallest absolute Gasteiger partial charge is 0.317 e. The van der Waals surface area contributed by atoms with Crippen LogP contribution in [0.5, 0.6) is 0 Å². The van der Waals surface area contributed by atoms with E-state index in [4.69, 9.17) is 5.11 Å². The molecule has 1 unspecified atom stereocenters. The molecular weight excluding hydrogens is 216 g/mol. The third-order valence-electron chi connectivity index (χ3n) is 3.13. The van der Waals surface area contributed by atoms with Crippen molar-refractivity contribution in [2.75, 3.05) is 24.5 Å². The Bertz CT molecular complexity index is 389. The van der Waals surface area contributed by atoms with Crippen molar-refractivity contribution < 1.29 is 9.90 Å². The summed E-state index contributed by atoms with van der Waals surface area (Å²) in [5.41, 5.74) is 2.48. The van der Waals surface area contributed by atoms with Gasteiger partial charge in [0.1, 0.15) is 0 Å². The molecule has 1 aliphatic rings. The summed E-state index contributed by atoms with van der Waals surface area (Å²) in [5.74, 6) is -0.793. The second-order valence-corrected chi connectivity index (χ2v) is 4.54. The first-order valence-corrected chi connectivity index (χ1v) is 5.92. The highest BCUT2D eigenvalue weighted by Crippen LogP contribution is 2.20. The summed E-state index contributed by atoms with van der Waals surface area (Å²) < 4.78 is 0. The standard InChI is InChI=1S/C13H18N2O2/c1-10-2-4-12(5-3-10)15-7-6-11(9-15)14-8-13(16)17/h2-5,11,14H,6-9H2,1H3,(H,16,17). The van der Waals surface area contributed by atoms with Crippen LogP contribution in [0, 0.1) is 6.92 Å². The van der Waals surface area contributed by atoms with Crippen LogP contribution < -0.4 is 10.2 Å². The van der Waals surface area contributed by atoms with E-state index in [1.165, 1.54) is 11.3 Å². The Morgan fingerprint density at radius 3 is 2.82 bits per heavy atom. The molecule has 0 bridgehead atoms. The number of carboxylic acids is 1. The number of aliphatic carboxylic acids is 1. The Morgan fingerprint density at radius 1 is 1.47 bits per heavy atom. The van der Waals surface area contributed by atoms with Crippen molar-refractivity contribution in [2.45, 2.75) is 19.4 Å². The molecule has 2 rings (SSSR count). The lowest BCUT2D eigenvalue weighted by molar-refractivity contribution is -0.136. The predicted molar refractivity (Wildman–Crippen MR) is 67.4 cm³/mol. The van der Waals surface area contributed by atoms with Gasteiger partial charge < -0.3 is 15.3 Å². The van der Waals surface area contributed by atoms with Gasteiger partial charge in [-0.05, 0) is 25.5 Å². The minimum Gasteiger partial charge on any atom is -0.480 e. The zero-order chi connectivity index (χ0) is 12.3. The van der Waals surface area contributed by atoms with Crippen molar-refractivity contribution >= 4 is 11.7 Å². The Morgan fingerprint density at radius 2 is 2.18 bits per heavy atom. The van der Waals surface area contributed by atoms with Crippen molar-refractivity contribution in [3.63, 3.8) is 0 Å². The van der Waals surface area contributed by atoms with E-state index in [-0.39, 0.29) is 12.6 Å². The molecule has 92 valence electrons. The molecule has 0 amide bonds. The van der Waals surface area contributed by atoms with E-state index in [9.17, 15) is 4.79 Å². The molecule has 2 N–H and O–H groups in total. The van der Waals surface area contributed by atoms with Crippen LogP contribution in [0.4, 0.5) is 5.69 Å². The molecule has 1 aromatic rings. The van der Waals surface area contributed by atoms with Gasteiger partial charge in [-0.25, -0.2) is 0 Å². The Labute approximate surface area is 101 Å². The second kappa shape index (κ2) is 5.19. The van der Waals surface area contributed by atoms with Gasteiger partial charge in [-0.3, -0.25) is 4.79 Å². The summed E-state index contributed by atoms with van der Waals surface area (Å²) in [4.78, 5) is 12.8. The zero-order valence-electron chi connectivity index (χ0n) is 10.0. The quantitative estimate of drug-likeness (QED) is 0.823. The van der Waals surface area contributed by atoms with Crippen LogP contribution in [0.2, 0.25) is 0 Å². The summed E-state index contributed by atoms with van der Waals surface area (Å²) >= 11 is 0. The number of hydrogen-bond acceptors (Lipinski definition) is 3. The SMILES string of the molecule is Cc1ccc(N2CCC(NCC(=O)O)C2)cc1. The number of anilines is 1. The van der Waals surface area contributed by atoms with Gasteiger partial charge >= 0.3 is 5.97 Å². The maximum absolute atomic E-state index is 10.5. The van der Waals surface area contributed by atoms with Crippen LogP contribution in [-0.4, -0.2) is 36.8 Å². The van der Waals surface area contributed by atoms with Crippen molar-refractivity contribution in [1.82, 2.24) is 5.32 Å². The van der Waals surface area contributed by atoms with Crippen LogP contribution in [-0.2, 0) is 4.79 Å². The van der Waals surface area contributed by atoms with Crippen LogP contribution in [0.15, 0.2) is 24.3 Å². The molecule has 0 aromatic heterocycles. The zero-order valence-corrected chi connectivity index (χ0v) is 10.0. The number of rotatable bonds is 4. The van der Waals surface area contributed by atoms with E-state index in [2.05, 4.69) is 41.4 Å². The van der Waals surface area contributed by atoms with Crippen molar-refractivity contribution in [1.29, 1.82) is 0 Å². The van der Waals surface area contributed by atoms with Gasteiger partial charge in [0.2, 0.25) is 0 Å². The van der Waals surface area contributed by atoms with Crippen molar-refractivity contribution in [3.8, 4) is 0 Å². The molecule has 1 heterocycles. The lowest BCUT2D eigenvalue weighted by atomic mass is 10.2. The fourth-order valence-corrected chi connectivity index (χ4v) is 2.15. The number of carboxylic acid groups (broad SMARTS) is 1. The van der Waals surface area contributed by atoms with Crippen LogP contribution in [0.1, 0.15) is 12.0 Å². The molecule has 0 saturated carbocycles. The maximum Gasteiger partial charge on any atom is 0.317 e. The number of aryl methyl sites for hydroxylation is 1. The minimum atomic E-state index is -0.793. The Hall–Kier alpha value is -1.55. The predicted octanol–water partition coefficient (Wildman–Crippen LogP) is 1.25. The highest BCUT2D eigenvalue weighted by Gasteiger charge is 2.22. The first-order valence-electron chi connectivity index (χ1n) is 5.92. The molecule has 17 heavy (non-hydrogen) atoms. The van der Waals surface area contributed by atoms with Crippen LogP contribution in [0.25, 0.3) is 0 Å². The number of nitrogens with zero attached hydrogens (tertiary/aromatic N) is 1. The Balaban J connectivity index is 1.89. The first kappa shape index (κ1) is 11.9. The first-order chi connectivity index (χ1) is 8.15. The third-order valence-corrected chi connectivity index (χ3v) is 3.13. The molecule has 1 atom stereocenters. The fourth-order valence-electron chi connectivity index (χ4n) is 2.15. The average Bonchev–Trinajstić information content (AvgIpc) is 2.76. The molecule has 4 nitrogen and oxygen atoms in total. The van der Waals surface area contributed by atoms with Crippen molar-refractivity contribution in [3.05, 3.63) is 29.8 Å². The molecule has 1 fully saturated rings. The fraction of sp³-hybridized carbons (Fsp3) is 0.462. The summed E-state index contributed by atoms with van der Waals surface area (Å²) in [6, 6.07) is 8.73. The monoisotopic (exact) mass is 234 g/mol. The van der Waals surface area contributed by atoms with E-state index in [0.29, 0.717) is 0 Å². The normalized spacial score (nSPS) is 19.6. The van der Waals surface area contributed by atoms with E-state index in [1.807, 2.05) is 0 Å². The molecule has 0 radical (unpaired) electrons. The molecule has 4 heteroatoms. The number of benzene rings is 1. The van der Waals surface area contributed by atoms with Gasteiger partial charge in [0.15, 0.2) is 0 Å². The van der Waals surface area contributed by atoms with Crippen LogP contribution >= 0.6 is 0 Å². The van der Waals surface area contributed by atoms with Gasteiger partial charge in [-0.15, -0.1) is 0 Å². The van der Waals surface area contributed by atoms with Gasteiger partial charge in [-0.2, -0.15) is 0 Å². The van der Waals surface area contributed by atoms with Gasteiger partial charge in [-0.1, -0.05) is 17.7 Å². The maximum atomic E-state index is 10.5. The molecule has 1 aliphatic heterocycles. The summed E-state index contributed by atoms with van der Waals surface area (Å²) in [6.07, 6.45) is 1.00. The van der Waals surface area contributed by atoms with E-state index >= 15 is 0 Å². The molecule has 0 aliphatic carbocycles. The summed E-state index contributed by atoms with van der Waals surface area (Å²) in [6.45, 7) is 3.99. The minimum absolute atomic E-state index is 0.0480. The second-order valence-electron chi connectivity index (χ2n) is 4.54. The van der Waals surface area contributed by atoms with Crippen molar-refractivity contribution in [2.24, 2.45) is 0 Å². The van der Waals surface area contributed by atoms with Gasteiger partial charge in [0, 0.05) is 24.8 Å². The van der Waals surface area contributed by atoms with Gasteiger partial charge in [0.25, 0.3) is 0 Å². The van der Waals surface area contributed by atoms with E-state index < -0.39 is 5.97 Å². The molecule has 0 spiro atoms. The largest absolute Gasteiger partial charge is 0.480 e. The molecule has 1 aromatic carbocycles. The molecular formula is C13H18N2O2. The Kier molecular flexibility index (Phi) is 3.64. The number of hydrogen-bond donors (Lipinski definition) is 2. The lowest BCUT2D eigenvalue weighted by Crippen LogP contribution is -2.35. The summed E-state index contributed by atoms with van der Waals surface area (Å²) in [7, 11) is 0. The van der Waals surface area contributed by atoms with Gasteiger partial charge in [0.05, 0.1) is 6.54 Å². The average molecular weight is 234 g/mol. The van der Waals surface area contributed by atoms with E-state index in [0.717, 1.165) is 19.5 Å². The highest BCUT2D eigenvalue weighted by molar-refractivity contribution is 5.69. The molecule has 1 saturated heterocycles. The third kappa shape index (κ3) is 3.20. The van der Waals surface area contributed by atoms with Crippen LogP contribution in [0.3, 0.4) is 0 Å². The number of carbonyl (C=O) groups is 1. The lowest BCUT2D eigenvalue weighted by Gasteiger charge is -2.19. The number of nitrogens with one attached hydrogen (secondary N) is 1.